The van der Waals surface area contributed by atoms with E-state index in [0.717, 1.165) is 33.9 Å². The number of rotatable bonds is 8. The van der Waals surface area contributed by atoms with Crippen LogP contribution in [0.5, 0.6) is 17.2 Å². The summed E-state index contributed by atoms with van der Waals surface area (Å²) in [7, 11) is 3.27. The highest BCUT2D eigenvalue weighted by Gasteiger charge is 2.36. The SMILES string of the molecule is COc1cccc(OC)c1C1SCC(=O)N1Cc1ccc(OCc2ccccc2)cc1. The second-order valence-corrected chi connectivity index (χ2v) is 8.25. The highest BCUT2D eigenvalue weighted by molar-refractivity contribution is 8.00. The van der Waals surface area contributed by atoms with Crippen LogP contribution in [-0.4, -0.2) is 30.8 Å². The van der Waals surface area contributed by atoms with E-state index in [2.05, 4.69) is 0 Å². The number of methoxy groups -OCH3 is 2. The zero-order valence-electron chi connectivity index (χ0n) is 17.6. The van der Waals surface area contributed by atoms with Crippen molar-refractivity contribution in [1.29, 1.82) is 0 Å². The van der Waals surface area contributed by atoms with E-state index >= 15 is 0 Å². The predicted octanol–water partition coefficient (Wildman–Crippen LogP) is 5.06. The van der Waals surface area contributed by atoms with Crippen molar-refractivity contribution in [2.24, 2.45) is 0 Å². The topological polar surface area (TPSA) is 48.0 Å². The van der Waals surface area contributed by atoms with Gasteiger partial charge in [-0.3, -0.25) is 4.79 Å². The van der Waals surface area contributed by atoms with Crippen molar-refractivity contribution >= 4 is 17.7 Å². The van der Waals surface area contributed by atoms with Crippen LogP contribution in [0.4, 0.5) is 0 Å². The lowest BCUT2D eigenvalue weighted by Gasteiger charge is -2.27. The Balaban J connectivity index is 1.48. The first-order chi connectivity index (χ1) is 15.2. The Morgan fingerprint density at radius 1 is 0.871 bits per heavy atom. The van der Waals surface area contributed by atoms with Gasteiger partial charge in [0.15, 0.2) is 0 Å². The summed E-state index contributed by atoms with van der Waals surface area (Å²) < 4.78 is 17.0. The zero-order valence-corrected chi connectivity index (χ0v) is 18.4. The molecule has 0 spiro atoms. The monoisotopic (exact) mass is 435 g/mol. The highest BCUT2D eigenvalue weighted by Crippen LogP contribution is 2.47. The van der Waals surface area contributed by atoms with Gasteiger partial charge in [0.1, 0.15) is 29.2 Å². The first-order valence-electron chi connectivity index (χ1n) is 10.1. The van der Waals surface area contributed by atoms with Crippen LogP contribution in [0, 0.1) is 0 Å². The van der Waals surface area contributed by atoms with Crippen LogP contribution in [0.1, 0.15) is 22.1 Å². The van der Waals surface area contributed by atoms with Gasteiger partial charge in [-0.2, -0.15) is 0 Å². The van der Waals surface area contributed by atoms with E-state index in [1.54, 1.807) is 26.0 Å². The molecule has 0 radical (unpaired) electrons. The molecule has 6 heteroatoms. The number of nitrogens with zero attached hydrogens (tertiary/aromatic N) is 1. The van der Waals surface area contributed by atoms with Gasteiger partial charge in [0.2, 0.25) is 5.91 Å². The van der Waals surface area contributed by atoms with Gasteiger partial charge in [-0.05, 0) is 35.4 Å². The summed E-state index contributed by atoms with van der Waals surface area (Å²) in [5.41, 5.74) is 3.06. The molecule has 1 aliphatic rings. The fraction of sp³-hybridized carbons (Fsp3) is 0.240. The lowest BCUT2D eigenvalue weighted by Crippen LogP contribution is -2.28. The summed E-state index contributed by atoms with van der Waals surface area (Å²) in [4.78, 5) is 14.6. The Morgan fingerprint density at radius 3 is 2.19 bits per heavy atom. The maximum Gasteiger partial charge on any atom is 0.234 e. The lowest BCUT2D eigenvalue weighted by atomic mass is 10.1. The lowest BCUT2D eigenvalue weighted by molar-refractivity contribution is -0.128. The van der Waals surface area contributed by atoms with E-state index in [1.807, 2.05) is 77.7 Å². The van der Waals surface area contributed by atoms with Gasteiger partial charge in [-0.25, -0.2) is 0 Å². The average Bonchev–Trinajstić information content (AvgIpc) is 3.18. The van der Waals surface area contributed by atoms with Crippen LogP contribution < -0.4 is 14.2 Å². The van der Waals surface area contributed by atoms with Crippen LogP contribution in [0.25, 0.3) is 0 Å². The summed E-state index contributed by atoms with van der Waals surface area (Å²) in [6, 6.07) is 23.7. The number of hydrogen-bond acceptors (Lipinski definition) is 5. The summed E-state index contributed by atoms with van der Waals surface area (Å²) >= 11 is 1.59. The van der Waals surface area contributed by atoms with Crippen molar-refractivity contribution in [1.82, 2.24) is 4.90 Å². The molecule has 1 unspecified atom stereocenters. The molecular weight excluding hydrogens is 410 g/mol. The molecule has 1 amide bonds. The van der Waals surface area contributed by atoms with E-state index in [1.165, 1.54) is 0 Å². The molecule has 1 fully saturated rings. The Labute approximate surface area is 186 Å². The van der Waals surface area contributed by atoms with Crippen LogP contribution in [-0.2, 0) is 17.9 Å². The number of amides is 1. The van der Waals surface area contributed by atoms with E-state index in [9.17, 15) is 4.79 Å². The van der Waals surface area contributed by atoms with Gasteiger partial charge in [0.25, 0.3) is 0 Å². The number of ether oxygens (including phenoxy) is 3. The van der Waals surface area contributed by atoms with Crippen molar-refractivity contribution in [3.63, 3.8) is 0 Å². The standard InChI is InChI=1S/C25H25NO4S/c1-28-21-9-6-10-22(29-2)24(21)25-26(23(27)17-31-25)15-18-11-13-20(14-12-18)30-16-19-7-4-3-5-8-19/h3-14,25H,15-17H2,1-2H3. The zero-order chi connectivity index (χ0) is 21.6. The third-order valence-electron chi connectivity index (χ3n) is 5.21. The predicted molar refractivity (Wildman–Crippen MR) is 123 cm³/mol. The number of carbonyl (C=O) groups is 1. The number of hydrogen-bond donors (Lipinski definition) is 0. The molecule has 160 valence electrons. The molecule has 1 saturated heterocycles. The van der Waals surface area contributed by atoms with Crippen LogP contribution in [0.15, 0.2) is 72.8 Å². The van der Waals surface area contributed by atoms with Crippen molar-refractivity contribution < 1.29 is 19.0 Å². The summed E-state index contributed by atoms with van der Waals surface area (Å²) in [6.07, 6.45) is 0. The fourth-order valence-electron chi connectivity index (χ4n) is 3.62. The molecule has 1 heterocycles. The molecule has 0 bridgehead atoms. The largest absolute Gasteiger partial charge is 0.496 e. The maximum absolute atomic E-state index is 12.7. The van der Waals surface area contributed by atoms with E-state index < -0.39 is 0 Å². The Bertz CT molecular complexity index is 1000. The van der Waals surface area contributed by atoms with Gasteiger partial charge >= 0.3 is 0 Å². The van der Waals surface area contributed by atoms with Gasteiger partial charge in [-0.1, -0.05) is 48.5 Å². The first-order valence-corrected chi connectivity index (χ1v) is 11.1. The van der Waals surface area contributed by atoms with E-state index in [-0.39, 0.29) is 11.3 Å². The van der Waals surface area contributed by atoms with Crippen LogP contribution in [0.3, 0.4) is 0 Å². The van der Waals surface area contributed by atoms with Crippen molar-refractivity contribution in [2.75, 3.05) is 20.0 Å². The van der Waals surface area contributed by atoms with Crippen molar-refractivity contribution in [3.05, 3.63) is 89.5 Å². The van der Waals surface area contributed by atoms with Gasteiger partial charge in [-0.15, -0.1) is 11.8 Å². The maximum atomic E-state index is 12.7. The van der Waals surface area contributed by atoms with E-state index in [0.29, 0.717) is 18.9 Å². The molecule has 1 aliphatic heterocycles. The Morgan fingerprint density at radius 2 is 1.55 bits per heavy atom. The number of benzene rings is 3. The summed E-state index contributed by atoms with van der Waals surface area (Å²) in [5.74, 6) is 2.79. The summed E-state index contributed by atoms with van der Waals surface area (Å²) in [6.45, 7) is 1.04. The van der Waals surface area contributed by atoms with Crippen LogP contribution >= 0.6 is 11.8 Å². The molecule has 0 aliphatic carbocycles. The van der Waals surface area contributed by atoms with Gasteiger partial charge in [0, 0.05) is 6.54 Å². The molecule has 0 N–H and O–H groups in total. The summed E-state index contributed by atoms with van der Waals surface area (Å²) in [5, 5.41) is -0.160. The molecule has 0 aromatic heterocycles. The van der Waals surface area contributed by atoms with E-state index in [4.69, 9.17) is 14.2 Å². The first kappa shape index (κ1) is 21.1. The number of carbonyl (C=O) groups excluding carboxylic acids is 1. The van der Waals surface area contributed by atoms with Crippen molar-refractivity contribution in [2.45, 2.75) is 18.5 Å². The van der Waals surface area contributed by atoms with Crippen molar-refractivity contribution in [3.8, 4) is 17.2 Å². The average molecular weight is 436 g/mol. The molecular formula is C25H25NO4S. The minimum absolute atomic E-state index is 0.104. The minimum atomic E-state index is -0.160. The van der Waals surface area contributed by atoms with Gasteiger partial charge < -0.3 is 19.1 Å². The fourth-order valence-corrected chi connectivity index (χ4v) is 4.85. The second kappa shape index (κ2) is 9.79. The molecule has 5 nitrogen and oxygen atoms in total. The Hall–Kier alpha value is -3.12. The molecule has 1 atom stereocenters. The second-order valence-electron chi connectivity index (χ2n) is 7.18. The molecule has 0 saturated carbocycles. The van der Waals surface area contributed by atoms with Crippen LogP contribution in [0.2, 0.25) is 0 Å². The molecule has 3 aromatic carbocycles. The Kier molecular flexibility index (Phi) is 6.67. The smallest absolute Gasteiger partial charge is 0.234 e. The highest BCUT2D eigenvalue weighted by atomic mass is 32.2. The molecule has 4 rings (SSSR count). The molecule has 31 heavy (non-hydrogen) atoms. The minimum Gasteiger partial charge on any atom is -0.496 e. The number of thioether (sulfide) groups is 1. The van der Waals surface area contributed by atoms with Gasteiger partial charge in [0.05, 0.1) is 25.5 Å². The quantitative estimate of drug-likeness (QED) is 0.495. The third-order valence-corrected chi connectivity index (χ3v) is 6.43. The normalized spacial score (nSPS) is 15.7. The molecule has 3 aromatic rings. The third kappa shape index (κ3) is 4.80.